The molecule has 116 valence electrons. The monoisotopic (exact) mass is 306 g/mol. The molecule has 0 unspecified atom stereocenters. The molecule has 0 aliphatic rings. The van der Waals surface area contributed by atoms with Crippen LogP contribution in [0.1, 0.15) is 11.3 Å². The molecule has 3 rings (SSSR count). The van der Waals surface area contributed by atoms with Gasteiger partial charge in [-0.05, 0) is 11.6 Å². The summed E-state index contributed by atoms with van der Waals surface area (Å²) < 4.78 is 1.75. The van der Waals surface area contributed by atoms with E-state index in [0.717, 1.165) is 22.4 Å². The van der Waals surface area contributed by atoms with Crippen LogP contribution < -0.4 is 5.32 Å². The van der Waals surface area contributed by atoms with Gasteiger partial charge in [0.1, 0.15) is 0 Å². The molecule has 0 bridgehead atoms. The summed E-state index contributed by atoms with van der Waals surface area (Å²) in [7, 11) is 1.88. The SMILES string of the molecule is Cn1cc(-c2ccc(CC(=O)NCc3ccccc3)nc2)cn1. The summed E-state index contributed by atoms with van der Waals surface area (Å²) in [4.78, 5) is 16.3. The number of rotatable bonds is 5. The number of pyridine rings is 1. The first-order valence-corrected chi connectivity index (χ1v) is 7.45. The molecule has 0 aliphatic heterocycles. The van der Waals surface area contributed by atoms with Crippen molar-refractivity contribution in [1.82, 2.24) is 20.1 Å². The Morgan fingerprint density at radius 1 is 1.09 bits per heavy atom. The fourth-order valence-corrected chi connectivity index (χ4v) is 2.29. The summed E-state index contributed by atoms with van der Waals surface area (Å²) in [5.41, 5.74) is 3.84. The summed E-state index contributed by atoms with van der Waals surface area (Å²) in [5.74, 6) is -0.0320. The van der Waals surface area contributed by atoms with Crippen LogP contribution in [-0.2, 0) is 24.8 Å². The molecule has 0 radical (unpaired) electrons. The molecule has 3 aromatic rings. The van der Waals surface area contributed by atoms with Gasteiger partial charge in [0.2, 0.25) is 5.91 Å². The number of aryl methyl sites for hydroxylation is 1. The highest BCUT2D eigenvalue weighted by molar-refractivity contribution is 5.78. The maximum absolute atomic E-state index is 12.0. The predicted octanol–water partition coefficient (Wildman–Crippen LogP) is 2.34. The van der Waals surface area contributed by atoms with Gasteiger partial charge in [-0.3, -0.25) is 14.5 Å². The molecule has 0 spiro atoms. The predicted molar refractivity (Wildman–Crippen MR) is 88.4 cm³/mol. The smallest absolute Gasteiger partial charge is 0.226 e. The van der Waals surface area contributed by atoms with E-state index in [4.69, 9.17) is 0 Å². The van der Waals surface area contributed by atoms with Crippen LogP contribution in [0.3, 0.4) is 0 Å². The number of carbonyl (C=O) groups excluding carboxylic acids is 1. The van der Waals surface area contributed by atoms with Crippen molar-refractivity contribution >= 4 is 5.91 Å². The molecule has 0 fully saturated rings. The molecular weight excluding hydrogens is 288 g/mol. The molecule has 1 aromatic carbocycles. The average molecular weight is 306 g/mol. The Labute approximate surface area is 135 Å². The Hall–Kier alpha value is -2.95. The maximum Gasteiger partial charge on any atom is 0.226 e. The van der Waals surface area contributed by atoms with Gasteiger partial charge in [-0.2, -0.15) is 5.10 Å². The Kier molecular flexibility index (Phi) is 4.47. The number of aromatic nitrogens is 3. The Balaban J connectivity index is 1.56. The van der Waals surface area contributed by atoms with E-state index in [0.29, 0.717) is 6.54 Å². The first kappa shape index (κ1) is 15.0. The van der Waals surface area contributed by atoms with E-state index in [-0.39, 0.29) is 12.3 Å². The van der Waals surface area contributed by atoms with Gasteiger partial charge in [-0.25, -0.2) is 0 Å². The summed E-state index contributed by atoms with van der Waals surface area (Å²) >= 11 is 0. The molecule has 1 amide bonds. The normalized spacial score (nSPS) is 10.5. The van der Waals surface area contributed by atoms with Crippen LogP contribution >= 0.6 is 0 Å². The fraction of sp³-hybridized carbons (Fsp3) is 0.167. The summed E-state index contributed by atoms with van der Waals surface area (Å²) in [6.45, 7) is 0.535. The van der Waals surface area contributed by atoms with Gasteiger partial charge in [0.25, 0.3) is 0 Å². The van der Waals surface area contributed by atoms with E-state index in [1.807, 2.05) is 55.7 Å². The molecule has 23 heavy (non-hydrogen) atoms. The minimum atomic E-state index is -0.0320. The Morgan fingerprint density at radius 3 is 2.57 bits per heavy atom. The molecule has 2 heterocycles. The summed E-state index contributed by atoms with van der Waals surface area (Å²) in [6, 6.07) is 13.7. The van der Waals surface area contributed by atoms with E-state index < -0.39 is 0 Å². The molecule has 0 saturated carbocycles. The molecule has 5 nitrogen and oxygen atoms in total. The highest BCUT2D eigenvalue weighted by Gasteiger charge is 2.06. The van der Waals surface area contributed by atoms with Crippen LogP contribution in [-0.4, -0.2) is 20.7 Å². The zero-order valence-corrected chi connectivity index (χ0v) is 12.9. The topological polar surface area (TPSA) is 59.8 Å². The van der Waals surface area contributed by atoms with Gasteiger partial charge in [0.15, 0.2) is 0 Å². The average Bonchev–Trinajstić information content (AvgIpc) is 3.01. The second-order valence-electron chi connectivity index (χ2n) is 5.38. The van der Waals surface area contributed by atoms with E-state index in [1.54, 1.807) is 17.1 Å². The lowest BCUT2D eigenvalue weighted by Gasteiger charge is -2.05. The van der Waals surface area contributed by atoms with Crippen LogP contribution in [0.15, 0.2) is 61.1 Å². The highest BCUT2D eigenvalue weighted by Crippen LogP contribution is 2.17. The van der Waals surface area contributed by atoms with Gasteiger partial charge >= 0.3 is 0 Å². The first-order valence-electron chi connectivity index (χ1n) is 7.45. The second-order valence-corrected chi connectivity index (χ2v) is 5.38. The number of hydrogen-bond donors (Lipinski definition) is 1. The van der Waals surface area contributed by atoms with Gasteiger partial charge in [0, 0.05) is 42.8 Å². The van der Waals surface area contributed by atoms with Gasteiger partial charge in [0.05, 0.1) is 12.6 Å². The van der Waals surface area contributed by atoms with Gasteiger partial charge in [-0.1, -0.05) is 36.4 Å². The van der Waals surface area contributed by atoms with E-state index in [9.17, 15) is 4.79 Å². The summed E-state index contributed by atoms with van der Waals surface area (Å²) in [5, 5.41) is 7.05. The molecule has 0 aliphatic carbocycles. The van der Waals surface area contributed by atoms with Crippen molar-refractivity contribution in [3.05, 3.63) is 72.3 Å². The van der Waals surface area contributed by atoms with Crippen molar-refractivity contribution in [2.75, 3.05) is 0 Å². The number of nitrogens with one attached hydrogen (secondary N) is 1. The number of amides is 1. The number of nitrogens with zero attached hydrogens (tertiary/aromatic N) is 3. The van der Waals surface area contributed by atoms with E-state index in [2.05, 4.69) is 15.4 Å². The number of benzene rings is 1. The quantitative estimate of drug-likeness (QED) is 0.787. The van der Waals surface area contributed by atoms with Crippen molar-refractivity contribution in [2.45, 2.75) is 13.0 Å². The van der Waals surface area contributed by atoms with Crippen molar-refractivity contribution in [3.8, 4) is 11.1 Å². The van der Waals surface area contributed by atoms with Crippen molar-refractivity contribution in [3.63, 3.8) is 0 Å². The van der Waals surface area contributed by atoms with Crippen LogP contribution in [0, 0.1) is 0 Å². The number of carbonyl (C=O) groups is 1. The van der Waals surface area contributed by atoms with E-state index in [1.165, 1.54) is 0 Å². The third-order valence-corrected chi connectivity index (χ3v) is 3.54. The molecule has 2 aromatic heterocycles. The van der Waals surface area contributed by atoms with E-state index >= 15 is 0 Å². The molecule has 1 N–H and O–H groups in total. The fourth-order valence-electron chi connectivity index (χ4n) is 2.29. The standard InChI is InChI=1S/C18H18N4O/c1-22-13-16(12-21-22)15-7-8-17(19-11-15)9-18(23)20-10-14-5-3-2-4-6-14/h2-8,11-13H,9-10H2,1H3,(H,20,23). The van der Waals surface area contributed by atoms with Crippen LogP contribution in [0.4, 0.5) is 0 Å². The van der Waals surface area contributed by atoms with Crippen molar-refractivity contribution in [2.24, 2.45) is 7.05 Å². The van der Waals surface area contributed by atoms with Gasteiger partial charge in [-0.15, -0.1) is 0 Å². The van der Waals surface area contributed by atoms with Crippen LogP contribution in [0.25, 0.3) is 11.1 Å². The summed E-state index contributed by atoms with van der Waals surface area (Å²) in [6.07, 6.45) is 5.78. The van der Waals surface area contributed by atoms with Crippen LogP contribution in [0.2, 0.25) is 0 Å². The zero-order valence-electron chi connectivity index (χ0n) is 12.9. The molecule has 0 atom stereocenters. The number of hydrogen-bond acceptors (Lipinski definition) is 3. The lowest BCUT2D eigenvalue weighted by Crippen LogP contribution is -2.24. The van der Waals surface area contributed by atoms with Crippen molar-refractivity contribution < 1.29 is 4.79 Å². The van der Waals surface area contributed by atoms with Gasteiger partial charge < -0.3 is 5.32 Å². The minimum Gasteiger partial charge on any atom is -0.352 e. The highest BCUT2D eigenvalue weighted by atomic mass is 16.1. The Bertz CT molecular complexity index is 778. The third kappa shape index (κ3) is 4.03. The zero-order chi connectivity index (χ0) is 16.1. The van der Waals surface area contributed by atoms with Crippen molar-refractivity contribution in [1.29, 1.82) is 0 Å². The molecule has 0 saturated heterocycles. The minimum absolute atomic E-state index is 0.0320. The second kappa shape index (κ2) is 6.87. The first-order chi connectivity index (χ1) is 11.2. The lowest BCUT2D eigenvalue weighted by atomic mass is 10.1. The molecular formula is C18H18N4O. The lowest BCUT2D eigenvalue weighted by molar-refractivity contribution is -0.120. The Morgan fingerprint density at radius 2 is 1.91 bits per heavy atom. The maximum atomic E-state index is 12.0. The third-order valence-electron chi connectivity index (χ3n) is 3.54. The van der Waals surface area contributed by atoms with Crippen LogP contribution in [0.5, 0.6) is 0 Å². The molecule has 5 heteroatoms. The largest absolute Gasteiger partial charge is 0.352 e.